The fraction of sp³-hybridized carbons (Fsp3) is 0.857. The molecule has 0 aromatic heterocycles. The first-order chi connectivity index (χ1) is 7.77. The molecule has 94 valence electrons. The molecular weight excluding hydrogens is 214 g/mol. The second-order valence-electron chi connectivity index (χ2n) is 4.77. The normalized spacial score (nSPS) is 21.1. The van der Waals surface area contributed by atoms with Gasteiger partial charge in [-0.3, -0.25) is 0 Å². The fourth-order valence-electron chi connectivity index (χ4n) is 2.11. The minimum atomic E-state index is 0.608. The van der Waals surface area contributed by atoms with Gasteiger partial charge >= 0.3 is 0 Å². The summed E-state index contributed by atoms with van der Waals surface area (Å²) in [5.41, 5.74) is 1.66. The Hall–Kier alpha value is 0.0500. The second kappa shape index (κ2) is 8.19. The molecule has 16 heavy (non-hydrogen) atoms. The Labute approximate surface area is 105 Å². The summed E-state index contributed by atoms with van der Waals surface area (Å²) in [6.45, 7) is 4.61. The number of likely N-dealkylation sites (N-methyl/N-ethyl adjacent to an activating group) is 1. The second-order valence-corrected chi connectivity index (χ2v) is 6.24. The van der Waals surface area contributed by atoms with Crippen LogP contribution >= 0.6 is 11.8 Å². The Balaban J connectivity index is 2.42. The first-order valence-corrected chi connectivity index (χ1v) is 7.80. The van der Waals surface area contributed by atoms with Gasteiger partial charge in [0.05, 0.1) is 0 Å². The van der Waals surface area contributed by atoms with Crippen molar-refractivity contribution >= 4 is 11.8 Å². The molecule has 0 saturated carbocycles. The van der Waals surface area contributed by atoms with Gasteiger partial charge in [-0.05, 0) is 39.2 Å². The third kappa shape index (κ3) is 4.92. The van der Waals surface area contributed by atoms with Crippen LogP contribution < -0.4 is 5.32 Å². The van der Waals surface area contributed by atoms with E-state index < -0.39 is 0 Å². The summed E-state index contributed by atoms with van der Waals surface area (Å²) in [7, 11) is 2.10. The van der Waals surface area contributed by atoms with Gasteiger partial charge in [-0.15, -0.1) is 0 Å². The van der Waals surface area contributed by atoms with Crippen LogP contribution in [-0.4, -0.2) is 24.1 Å². The van der Waals surface area contributed by atoms with E-state index in [-0.39, 0.29) is 0 Å². The van der Waals surface area contributed by atoms with Crippen LogP contribution in [0.1, 0.15) is 52.4 Å². The molecule has 2 unspecified atom stereocenters. The van der Waals surface area contributed by atoms with Gasteiger partial charge in [0.25, 0.3) is 0 Å². The summed E-state index contributed by atoms with van der Waals surface area (Å²) < 4.78 is 0. The molecule has 2 atom stereocenters. The average Bonchev–Trinajstić information content (AvgIpc) is 2.58. The van der Waals surface area contributed by atoms with Crippen molar-refractivity contribution < 1.29 is 0 Å². The van der Waals surface area contributed by atoms with Crippen LogP contribution in [0.5, 0.6) is 0 Å². The van der Waals surface area contributed by atoms with Gasteiger partial charge < -0.3 is 5.32 Å². The molecule has 0 radical (unpaired) electrons. The highest BCUT2D eigenvalue weighted by atomic mass is 32.2. The Morgan fingerprint density at radius 1 is 1.38 bits per heavy atom. The molecule has 0 spiro atoms. The predicted molar refractivity (Wildman–Crippen MR) is 76.2 cm³/mol. The molecule has 1 rings (SSSR count). The fourth-order valence-corrected chi connectivity index (χ4v) is 3.25. The van der Waals surface area contributed by atoms with Crippen molar-refractivity contribution in [2.24, 2.45) is 0 Å². The molecule has 0 bridgehead atoms. The Kier molecular flexibility index (Phi) is 7.22. The zero-order valence-electron chi connectivity index (χ0n) is 11.1. The van der Waals surface area contributed by atoms with Crippen molar-refractivity contribution in [3.63, 3.8) is 0 Å². The number of thioether (sulfide) groups is 1. The van der Waals surface area contributed by atoms with Crippen LogP contribution in [-0.2, 0) is 0 Å². The molecule has 0 fully saturated rings. The minimum Gasteiger partial charge on any atom is -0.313 e. The number of nitrogens with one attached hydrogen (secondary N) is 1. The highest BCUT2D eigenvalue weighted by Gasteiger charge is 2.14. The predicted octanol–water partition coefficient (Wildman–Crippen LogP) is 4.00. The van der Waals surface area contributed by atoms with Crippen molar-refractivity contribution in [2.75, 3.05) is 12.8 Å². The summed E-state index contributed by atoms with van der Waals surface area (Å²) in [4.78, 5) is 0. The van der Waals surface area contributed by atoms with Gasteiger partial charge in [-0.1, -0.05) is 31.9 Å². The van der Waals surface area contributed by atoms with E-state index >= 15 is 0 Å². The number of hydrogen-bond acceptors (Lipinski definition) is 2. The van der Waals surface area contributed by atoms with Gasteiger partial charge in [-0.25, -0.2) is 0 Å². The van der Waals surface area contributed by atoms with E-state index in [0.29, 0.717) is 6.04 Å². The van der Waals surface area contributed by atoms with E-state index in [1.165, 1.54) is 44.3 Å². The molecule has 0 aromatic rings. The summed E-state index contributed by atoms with van der Waals surface area (Å²) in [5.74, 6) is 1.23. The van der Waals surface area contributed by atoms with E-state index in [1.54, 1.807) is 5.57 Å². The van der Waals surface area contributed by atoms with Gasteiger partial charge in [0.1, 0.15) is 0 Å². The van der Waals surface area contributed by atoms with Gasteiger partial charge in [0, 0.05) is 17.0 Å². The maximum Gasteiger partial charge on any atom is 0.0368 e. The first-order valence-electron chi connectivity index (χ1n) is 6.75. The lowest BCUT2D eigenvalue weighted by atomic mass is 10.0. The number of rotatable bonds is 6. The Bertz CT molecular complexity index is 213. The van der Waals surface area contributed by atoms with Crippen molar-refractivity contribution in [1.29, 1.82) is 0 Å². The Morgan fingerprint density at radius 3 is 2.88 bits per heavy atom. The van der Waals surface area contributed by atoms with E-state index in [9.17, 15) is 0 Å². The molecule has 1 aliphatic rings. The molecule has 1 N–H and O–H groups in total. The average molecular weight is 241 g/mol. The van der Waals surface area contributed by atoms with Crippen LogP contribution in [0.15, 0.2) is 11.6 Å². The smallest absolute Gasteiger partial charge is 0.0368 e. The lowest BCUT2D eigenvalue weighted by Gasteiger charge is -2.21. The van der Waals surface area contributed by atoms with E-state index in [1.807, 2.05) is 0 Å². The van der Waals surface area contributed by atoms with Crippen LogP contribution in [0.25, 0.3) is 0 Å². The third-order valence-corrected chi connectivity index (χ3v) is 4.92. The highest BCUT2D eigenvalue weighted by Crippen LogP contribution is 2.23. The summed E-state index contributed by atoms with van der Waals surface area (Å²) in [6.07, 6.45) is 10.6. The SMILES string of the molecule is CCC(C)SCC(NC)C1=CCCCCC1. The van der Waals surface area contributed by atoms with Crippen LogP contribution in [0.4, 0.5) is 0 Å². The summed E-state index contributed by atoms with van der Waals surface area (Å²) >= 11 is 2.11. The molecule has 0 amide bonds. The highest BCUT2D eigenvalue weighted by molar-refractivity contribution is 7.99. The van der Waals surface area contributed by atoms with Crippen LogP contribution in [0.3, 0.4) is 0 Å². The lowest BCUT2D eigenvalue weighted by molar-refractivity contribution is 0.644. The first kappa shape index (κ1) is 14.1. The molecule has 0 saturated heterocycles. The third-order valence-electron chi connectivity index (χ3n) is 3.49. The lowest BCUT2D eigenvalue weighted by Crippen LogP contribution is -2.30. The maximum absolute atomic E-state index is 3.49. The van der Waals surface area contributed by atoms with Crippen molar-refractivity contribution in [3.05, 3.63) is 11.6 Å². The Morgan fingerprint density at radius 2 is 2.19 bits per heavy atom. The quantitative estimate of drug-likeness (QED) is 0.706. The van der Waals surface area contributed by atoms with Crippen LogP contribution in [0, 0.1) is 0 Å². The monoisotopic (exact) mass is 241 g/mol. The maximum atomic E-state index is 3.49. The number of hydrogen-bond donors (Lipinski definition) is 1. The standard InChI is InChI=1S/C14H27NS/c1-4-12(2)16-11-14(15-3)13-9-7-5-6-8-10-13/h9,12,14-15H,4-8,10-11H2,1-3H3. The van der Waals surface area contributed by atoms with Crippen LogP contribution in [0.2, 0.25) is 0 Å². The molecule has 1 aliphatic carbocycles. The van der Waals surface area contributed by atoms with Crippen molar-refractivity contribution in [1.82, 2.24) is 5.32 Å². The summed E-state index contributed by atoms with van der Waals surface area (Å²) in [5, 5.41) is 4.28. The molecule has 0 aliphatic heterocycles. The van der Waals surface area contributed by atoms with E-state index in [2.05, 4.69) is 44.0 Å². The van der Waals surface area contributed by atoms with Gasteiger partial charge in [0.15, 0.2) is 0 Å². The van der Waals surface area contributed by atoms with Crippen molar-refractivity contribution in [2.45, 2.75) is 63.7 Å². The topological polar surface area (TPSA) is 12.0 Å². The minimum absolute atomic E-state index is 0.608. The molecule has 0 heterocycles. The summed E-state index contributed by atoms with van der Waals surface area (Å²) in [6, 6.07) is 0.608. The largest absolute Gasteiger partial charge is 0.313 e. The zero-order valence-corrected chi connectivity index (χ0v) is 11.9. The molecular formula is C14H27NS. The van der Waals surface area contributed by atoms with Gasteiger partial charge in [-0.2, -0.15) is 11.8 Å². The zero-order chi connectivity index (χ0) is 11.8. The van der Waals surface area contributed by atoms with E-state index in [4.69, 9.17) is 0 Å². The van der Waals surface area contributed by atoms with E-state index in [0.717, 1.165) is 5.25 Å². The van der Waals surface area contributed by atoms with Gasteiger partial charge in [0.2, 0.25) is 0 Å². The molecule has 2 heteroatoms. The van der Waals surface area contributed by atoms with Crippen molar-refractivity contribution in [3.8, 4) is 0 Å². The molecule has 1 nitrogen and oxygen atoms in total. The molecule has 0 aromatic carbocycles. The number of allylic oxidation sites excluding steroid dienone is 1.